The summed E-state index contributed by atoms with van der Waals surface area (Å²) in [5.74, 6) is -0.0266. The Bertz CT molecular complexity index is 767. The molecule has 1 amide bonds. The standard InChI is InChI=1S/C17H20FN3O3S/c1-10-6-14(24-13-5-3-4-12(23)7-13)8-21(10)9-15-16(18)20-17(25-15)19-11(2)22/h3-5,7,10,14,23H,6,8-9H2,1-2H3,(H,19,20,22)/t10-,14+/m0/s1. The lowest BCUT2D eigenvalue weighted by Crippen LogP contribution is -2.28. The predicted octanol–water partition coefficient (Wildman–Crippen LogP) is 2.99. The van der Waals surface area contributed by atoms with Gasteiger partial charge in [0, 0.05) is 38.5 Å². The first-order valence-electron chi connectivity index (χ1n) is 8.03. The van der Waals surface area contributed by atoms with Gasteiger partial charge >= 0.3 is 0 Å². The summed E-state index contributed by atoms with van der Waals surface area (Å²) >= 11 is 1.15. The molecule has 1 aliphatic heterocycles. The molecule has 0 saturated carbocycles. The quantitative estimate of drug-likeness (QED) is 0.852. The van der Waals surface area contributed by atoms with Gasteiger partial charge in [-0.2, -0.15) is 9.37 Å². The van der Waals surface area contributed by atoms with Crippen molar-refractivity contribution in [2.24, 2.45) is 0 Å². The van der Waals surface area contributed by atoms with E-state index >= 15 is 0 Å². The van der Waals surface area contributed by atoms with Crippen molar-refractivity contribution in [2.45, 2.75) is 39.0 Å². The minimum Gasteiger partial charge on any atom is -0.508 e. The number of rotatable bonds is 5. The molecular formula is C17H20FN3O3S. The first-order valence-corrected chi connectivity index (χ1v) is 8.85. The molecule has 6 nitrogen and oxygen atoms in total. The summed E-state index contributed by atoms with van der Waals surface area (Å²) in [6.45, 7) is 4.51. The van der Waals surface area contributed by atoms with Crippen molar-refractivity contribution < 1.29 is 19.0 Å². The third-order valence-corrected chi connectivity index (χ3v) is 5.00. The second kappa shape index (κ2) is 7.37. The van der Waals surface area contributed by atoms with Crippen LogP contribution in [0.2, 0.25) is 0 Å². The Kier molecular flexibility index (Phi) is 5.19. The number of benzene rings is 1. The zero-order chi connectivity index (χ0) is 18.0. The number of amides is 1. The highest BCUT2D eigenvalue weighted by molar-refractivity contribution is 7.15. The van der Waals surface area contributed by atoms with E-state index < -0.39 is 5.95 Å². The number of thiazole rings is 1. The summed E-state index contributed by atoms with van der Waals surface area (Å²) in [5.41, 5.74) is 0. The maximum Gasteiger partial charge on any atom is 0.230 e. The van der Waals surface area contributed by atoms with Crippen molar-refractivity contribution in [1.82, 2.24) is 9.88 Å². The fraction of sp³-hybridized carbons (Fsp3) is 0.412. The number of carbonyl (C=O) groups excluding carboxylic acids is 1. The van der Waals surface area contributed by atoms with Gasteiger partial charge in [-0.3, -0.25) is 9.69 Å². The van der Waals surface area contributed by atoms with Gasteiger partial charge < -0.3 is 15.2 Å². The van der Waals surface area contributed by atoms with Gasteiger partial charge in [0.05, 0.1) is 4.88 Å². The molecule has 3 rings (SSSR count). The predicted molar refractivity (Wildman–Crippen MR) is 93.4 cm³/mol. The van der Waals surface area contributed by atoms with Crippen LogP contribution in [0.5, 0.6) is 11.5 Å². The van der Waals surface area contributed by atoms with Crippen molar-refractivity contribution >= 4 is 22.4 Å². The van der Waals surface area contributed by atoms with Crippen LogP contribution in [0.25, 0.3) is 0 Å². The van der Waals surface area contributed by atoms with E-state index in [4.69, 9.17) is 4.74 Å². The second-order valence-corrected chi connectivity index (χ2v) is 7.25. The normalized spacial score (nSPS) is 20.6. The summed E-state index contributed by atoms with van der Waals surface area (Å²) in [6.07, 6.45) is 0.789. The molecule has 2 N–H and O–H groups in total. The highest BCUT2D eigenvalue weighted by atomic mass is 32.1. The molecule has 0 aliphatic carbocycles. The van der Waals surface area contributed by atoms with Crippen LogP contribution in [0.1, 0.15) is 25.1 Å². The number of hydrogen-bond acceptors (Lipinski definition) is 6. The minimum atomic E-state index is -0.543. The number of anilines is 1. The van der Waals surface area contributed by atoms with Gasteiger partial charge in [-0.25, -0.2) is 0 Å². The van der Waals surface area contributed by atoms with Crippen molar-refractivity contribution in [1.29, 1.82) is 0 Å². The topological polar surface area (TPSA) is 74.7 Å². The summed E-state index contributed by atoms with van der Waals surface area (Å²) < 4.78 is 19.9. The van der Waals surface area contributed by atoms with E-state index in [1.54, 1.807) is 24.3 Å². The lowest BCUT2D eigenvalue weighted by molar-refractivity contribution is -0.114. The van der Waals surface area contributed by atoms with Gasteiger partial charge in [-0.05, 0) is 19.1 Å². The van der Waals surface area contributed by atoms with Gasteiger partial charge in [0.1, 0.15) is 17.6 Å². The SMILES string of the molecule is CC(=O)Nc1nc(F)c(CN2C[C@H](Oc3cccc(O)c3)C[C@@H]2C)s1. The van der Waals surface area contributed by atoms with Gasteiger partial charge in [0.15, 0.2) is 5.13 Å². The molecule has 0 spiro atoms. The van der Waals surface area contributed by atoms with Crippen molar-refractivity contribution in [2.75, 3.05) is 11.9 Å². The molecule has 1 aliphatic rings. The second-order valence-electron chi connectivity index (χ2n) is 6.17. The van der Waals surface area contributed by atoms with E-state index in [9.17, 15) is 14.3 Å². The molecule has 1 saturated heterocycles. The number of hydrogen-bond donors (Lipinski definition) is 2. The third kappa shape index (κ3) is 4.46. The van der Waals surface area contributed by atoms with E-state index in [2.05, 4.69) is 22.1 Å². The molecule has 0 unspecified atom stereocenters. The Morgan fingerprint density at radius 3 is 3.08 bits per heavy atom. The maximum atomic E-state index is 14.0. The molecule has 2 aromatic rings. The van der Waals surface area contributed by atoms with Gasteiger partial charge in [0.2, 0.25) is 11.9 Å². The van der Waals surface area contributed by atoms with Crippen molar-refractivity contribution in [3.8, 4) is 11.5 Å². The number of aromatic nitrogens is 1. The molecule has 25 heavy (non-hydrogen) atoms. The lowest BCUT2D eigenvalue weighted by Gasteiger charge is -2.19. The van der Waals surface area contributed by atoms with Gasteiger partial charge in [-0.1, -0.05) is 17.4 Å². The Hall–Kier alpha value is -2.19. The van der Waals surface area contributed by atoms with Crippen LogP contribution in [0, 0.1) is 5.95 Å². The summed E-state index contributed by atoms with van der Waals surface area (Å²) in [7, 11) is 0. The van der Waals surface area contributed by atoms with Gasteiger partial charge in [0.25, 0.3) is 0 Å². The van der Waals surface area contributed by atoms with Crippen LogP contribution in [-0.4, -0.2) is 39.6 Å². The van der Waals surface area contributed by atoms with E-state index in [-0.39, 0.29) is 28.9 Å². The molecule has 1 aromatic carbocycles. The highest BCUT2D eigenvalue weighted by Crippen LogP contribution is 2.29. The molecule has 1 aromatic heterocycles. The molecule has 134 valence electrons. The highest BCUT2D eigenvalue weighted by Gasteiger charge is 2.31. The number of phenols is 1. The van der Waals surface area contributed by atoms with Crippen LogP contribution in [0.3, 0.4) is 0 Å². The van der Waals surface area contributed by atoms with E-state index in [1.807, 2.05) is 0 Å². The number of nitrogens with one attached hydrogen (secondary N) is 1. The van der Waals surface area contributed by atoms with Crippen LogP contribution in [0.4, 0.5) is 9.52 Å². The number of likely N-dealkylation sites (tertiary alicyclic amines) is 1. The van der Waals surface area contributed by atoms with E-state index in [0.717, 1.165) is 17.8 Å². The average molecular weight is 365 g/mol. The molecule has 2 atom stereocenters. The van der Waals surface area contributed by atoms with E-state index in [0.29, 0.717) is 23.7 Å². The zero-order valence-electron chi connectivity index (χ0n) is 14.0. The minimum absolute atomic E-state index is 0.0254. The fourth-order valence-electron chi connectivity index (χ4n) is 2.92. The number of carbonyl (C=O) groups is 1. The van der Waals surface area contributed by atoms with E-state index in [1.165, 1.54) is 6.92 Å². The molecule has 0 bridgehead atoms. The number of phenolic OH excluding ortho intramolecular Hbond substituents is 1. The maximum absolute atomic E-state index is 14.0. The molecule has 1 fully saturated rings. The van der Waals surface area contributed by atoms with Crippen molar-refractivity contribution in [3.63, 3.8) is 0 Å². The van der Waals surface area contributed by atoms with Crippen LogP contribution in [-0.2, 0) is 11.3 Å². The smallest absolute Gasteiger partial charge is 0.230 e. The van der Waals surface area contributed by atoms with Crippen LogP contribution >= 0.6 is 11.3 Å². The number of ether oxygens (including phenoxy) is 1. The first-order chi connectivity index (χ1) is 11.9. The van der Waals surface area contributed by atoms with Crippen LogP contribution < -0.4 is 10.1 Å². The van der Waals surface area contributed by atoms with Crippen LogP contribution in [0.15, 0.2) is 24.3 Å². The van der Waals surface area contributed by atoms with Gasteiger partial charge in [-0.15, -0.1) is 0 Å². The summed E-state index contributed by atoms with van der Waals surface area (Å²) in [4.78, 5) is 17.4. The number of nitrogens with zero attached hydrogens (tertiary/aromatic N) is 2. The molecule has 0 radical (unpaired) electrons. The summed E-state index contributed by atoms with van der Waals surface area (Å²) in [5, 5.41) is 12.3. The Balaban J connectivity index is 1.62. The Labute approximate surface area is 149 Å². The average Bonchev–Trinajstić information content (AvgIpc) is 3.02. The summed E-state index contributed by atoms with van der Waals surface area (Å²) in [6, 6.07) is 6.94. The molecular weight excluding hydrogens is 345 g/mol. The van der Waals surface area contributed by atoms with Crippen molar-refractivity contribution in [3.05, 3.63) is 35.1 Å². The lowest BCUT2D eigenvalue weighted by atomic mass is 10.2. The fourth-order valence-corrected chi connectivity index (χ4v) is 3.83. The molecule has 8 heteroatoms. The molecule has 2 heterocycles. The number of halogens is 1. The third-order valence-electron chi connectivity index (χ3n) is 4.07. The largest absolute Gasteiger partial charge is 0.508 e. The first kappa shape index (κ1) is 17.6. The number of aromatic hydroxyl groups is 1. The monoisotopic (exact) mass is 365 g/mol. The Morgan fingerprint density at radius 1 is 1.56 bits per heavy atom. The zero-order valence-corrected chi connectivity index (χ0v) is 14.8. The Morgan fingerprint density at radius 2 is 2.36 bits per heavy atom.